The first-order chi connectivity index (χ1) is 9.52. The van der Waals surface area contributed by atoms with Crippen LogP contribution in [0.5, 0.6) is 0 Å². The van der Waals surface area contributed by atoms with Crippen LogP contribution in [0.15, 0.2) is 24.3 Å². The van der Waals surface area contributed by atoms with Crippen LogP contribution in [-0.2, 0) is 25.8 Å². The van der Waals surface area contributed by atoms with E-state index < -0.39 is 5.60 Å². The Morgan fingerprint density at radius 1 is 1.30 bits per heavy atom. The second-order valence-corrected chi connectivity index (χ2v) is 6.06. The van der Waals surface area contributed by atoms with Crippen molar-refractivity contribution in [2.45, 2.75) is 45.3 Å². The minimum absolute atomic E-state index is 0.551. The Labute approximate surface area is 124 Å². The maximum Gasteiger partial charge on any atom is 0.0848 e. The van der Waals surface area contributed by atoms with Gasteiger partial charge in [-0.2, -0.15) is 5.10 Å². The molecule has 20 heavy (non-hydrogen) atoms. The molecule has 0 unspecified atom stereocenters. The standard InChI is InChI=1S/C16H19ClN2O/c1-3-19-14(15(17)11(2)18-19)10-16(20)8-12-6-4-5-7-13(12)9-16/h4-7,20H,3,8-10H2,1-2H3. The fourth-order valence-electron chi connectivity index (χ4n) is 3.15. The molecule has 0 atom stereocenters. The smallest absolute Gasteiger partial charge is 0.0848 e. The van der Waals surface area contributed by atoms with Crippen molar-refractivity contribution in [3.8, 4) is 0 Å². The fourth-order valence-corrected chi connectivity index (χ4v) is 3.35. The Kier molecular flexibility index (Phi) is 3.35. The van der Waals surface area contributed by atoms with E-state index in [0.717, 1.165) is 17.9 Å². The number of hydrogen-bond acceptors (Lipinski definition) is 2. The second-order valence-electron chi connectivity index (χ2n) is 5.69. The van der Waals surface area contributed by atoms with Gasteiger partial charge in [-0.15, -0.1) is 0 Å². The highest BCUT2D eigenvalue weighted by atomic mass is 35.5. The molecular formula is C16H19ClN2O. The average Bonchev–Trinajstić information content (AvgIpc) is 2.89. The molecule has 106 valence electrons. The van der Waals surface area contributed by atoms with Gasteiger partial charge in [-0.3, -0.25) is 4.68 Å². The Bertz CT molecular complexity index is 623. The zero-order valence-electron chi connectivity index (χ0n) is 11.9. The molecule has 0 saturated heterocycles. The molecule has 1 heterocycles. The van der Waals surface area contributed by atoms with E-state index in [4.69, 9.17) is 11.6 Å². The monoisotopic (exact) mass is 290 g/mol. The quantitative estimate of drug-likeness (QED) is 0.944. The summed E-state index contributed by atoms with van der Waals surface area (Å²) in [6.07, 6.45) is 1.93. The third-order valence-corrected chi connectivity index (χ3v) is 4.60. The topological polar surface area (TPSA) is 38.0 Å². The lowest BCUT2D eigenvalue weighted by molar-refractivity contribution is 0.0497. The number of benzene rings is 1. The summed E-state index contributed by atoms with van der Waals surface area (Å²) >= 11 is 6.35. The molecule has 0 radical (unpaired) electrons. The maximum atomic E-state index is 10.9. The lowest BCUT2D eigenvalue weighted by atomic mass is 9.94. The van der Waals surface area contributed by atoms with Gasteiger partial charge in [-0.1, -0.05) is 35.9 Å². The number of halogens is 1. The molecule has 1 aliphatic rings. The summed E-state index contributed by atoms with van der Waals surface area (Å²) in [6, 6.07) is 8.24. The van der Waals surface area contributed by atoms with E-state index in [9.17, 15) is 5.11 Å². The van der Waals surface area contributed by atoms with E-state index in [0.29, 0.717) is 24.3 Å². The van der Waals surface area contributed by atoms with Crippen LogP contribution >= 0.6 is 11.6 Å². The van der Waals surface area contributed by atoms with Crippen LogP contribution in [-0.4, -0.2) is 20.5 Å². The van der Waals surface area contributed by atoms with Crippen molar-refractivity contribution in [2.75, 3.05) is 0 Å². The van der Waals surface area contributed by atoms with E-state index in [2.05, 4.69) is 17.2 Å². The first kappa shape index (κ1) is 13.7. The van der Waals surface area contributed by atoms with Crippen LogP contribution in [0.3, 0.4) is 0 Å². The molecule has 0 fully saturated rings. The van der Waals surface area contributed by atoms with Crippen LogP contribution in [0.2, 0.25) is 5.02 Å². The Morgan fingerprint density at radius 3 is 2.45 bits per heavy atom. The van der Waals surface area contributed by atoms with Crippen LogP contribution in [0.1, 0.15) is 29.4 Å². The summed E-state index contributed by atoms with van der Waals surface area (Å²) in [5.41, 5.74) is 3.52. The second kappa shape index (κ2) is 4.90. The highest BCUT2D eigenvalue weighted by Gasteiger charge is 2.36. The summed E-state index contributed by atoms with van der Waals surface area (Å²) in [7, 11) is 0. The van der Waals surface area contributed by atoms with Crippen molar-refractivity contribution in [1.29, 1.82) is 0 Å². The van der Waals surface area contributed by atoms with Crippen molar-refractivity contribution < 1.29 is 5.11 Å². The molecule has 3 nitrogen and oxygen atoms in total. The Balaban J connectivity index is 1.90. The highest BCUT2D eigenvalue weighted by molar-refractivity contribution is 6.31. The van der Waals surface area contributed by atoms with Gasteiger partial charge < -0.3 is 5.11 Å². The van der Waals surface area contributed by atoms with Crippen molar-refractivity contribution in [3.05, 3.63) is 51.8 Å². The average molecular weight is 291 g/mol. The molecule has 0 spiro atoms. The summed E-state index contributed by atoms with van der Waals surface area (Å²) in [6.45, 7) is 4.72. The van der Waals surface area contributed by atoms with Crippen LogP contribution in [0.4, 0.5) is 0 Å². The van der Waals surface area contributed by atoms with E-state index in [-0.39, 0.29) is 0 Å². The number of aromatic nitrogens is 2. The van der Waals surface area contributed by atoms with Gasteiger partial charge in [0, 0.05) is 25.8 Å². The first-order valence-electron chi connectivity index (χ1n) is 7.03. The molecule has 1 aliphatic carbocycles. The first-order valence-corrected chi connectivity index (χ1v) is 7.41. The minimum atomic E-state index is -0.743. The fraction of sp³-hybridized carbons (Fsp3) is 0.438. The van der Waals surface area contributed by atoms with E-state index in [1.54, 1.807) is 0 Å². The number of nitrogens with zero attached hydrogens (tertiary/aromatic N) is 2. The summed E-state index contributed by atoms with van der Waals surface area (Å²) in [4.78, 5) is 0. The number of fused-ring (bicyclic) bond motifs is 1. The number of rotatable bonds is 3. The zero-order chi connectivity index (χ0) is 14.3. The SMILES string of the molecule is CCn1nc(C)c(Cl)c1CC1(O)Cc2ccccc2C1. The van der Waals surface area contributed by atoms with Gasteiger partial charge in [0.15, 0.2) is 0 Å². The number of aliphatic hydroxyl groups is 1. The molecule has 1 aromatic heterocycles. The summed E-state index contributed by atoms with van der Waals surface area (Å²) in [5, 5.41) is 16.0. The molecule has 0 aliphatic heterocycles. The van der Waals surface area contributed by atoms with Crippen molar-refractivity contribution in [3.63, 3.8) is 0 Å². The molecule has 0 saturated carbocycles. The van der Waals surface area contributed by atoms with Gasteiger partial charge in [-0.25, -0.2) is 0 Å². The van der Waals surface area contributed by atoms with Crippen LogP contribution in [0, 0.1) is 6.92 Å². The van der Waals surface area contributed by atoms with Crippen molar-refractivity contribution >= 4 is 11.6 Å². The lowest BCUT2D eigenvalue weighted by Crippen LogP contribution is -2.33. The lowest BCUT2D eigenvalue weighted by Gasteiger charge is -2.22. The molecular weight excluding hydrogens is 272 g/mol. The molecule has 1 aromatic carbocycles. The number of hydrogen-bond donors (Lipinski definition) is 1. The third-order valence-electron chi connectivity index (χ3n) is 4.11. The van der Waals surface area contributed by atoms with Gasteiger partial charge in [0.25, 0.3) is 0 Å². The Morgan fingerprint density at radius 2 is 1.90 bits per heavy atom. The van der Waals surface area contributed by atoms with Crippen LogP contribution in [0.25, 0.3) is 0 Å². The predicted octanol–water partition coefficient (Wildman–Crippen LogP) is 2.94. The zero-order valence-corrected chi connectivity index (χ0v) is 12.6. The Hall–Kier alpha value is -1.32. The van der Waals surface area contributed by atoms with E-state index in [1.165, 1.54) is 11.1 Å². The van der Waals surface area contributed by atoms with Gasteiger partial charge in [0.1, 0.15) is 0 Å². The molecule has 1 N–H and O–H groups in total. The molecule has 0 amide bonds. The third kappa shape index (κ3) is 2.25. The predicted molar refractivity (Wildman–Crippen MR) is 80.2 cm³/mol. The summed E-state index contributed by atoms with van der Waals surface area (Å²) < 4.78 is 1.90. The molecule has 2 aromatic rings. The highest BCUT2D eigenvalue weighted by Crippen LogP contribution is 2.34. The van der Waals surface area contributed by atoms with E-state index in [1.807, 2.05) is 30.7 Å². The van der Waals surface area contributed by atoms with Gasteiger partial charge >= 0.3 is 0 Å². The van der Waals surface area contributed by atoms with Gasteiger partial charge in [0.2, 0.25) is 0 Å². The normalized spacial score (nSPS) is 16.4. The molecule has 3 rings (SSSR count). The molecule has 4 heteroatoms. The molecule has 0 bridgehead atoms. The largest absolute Gasteiger partial charge is 0.389 e. The van der Waals surface area contributed by atoms with E-state index >= 15 is 0 Å². The maximum absolute atomic E-state index is 10.9. The summed E-state index contributed by atoms with van der Waals surface area (Å²) in [5.74, 6) is 0. The van der Waals surface area contributed by atoms with Crippen LogP contribution < -0.4 is 0 Å². The van der Waals surface area contributed by atoms with Crippen molar-refractivity contribution in [1.82, 2.24) is 9.78 Å². The minimum Gasteiger partial charge on any atom is -0.389 e. The van der Waals surface area contributed by atoms with Gasteiger partial charge in [-0.05, 0) is 25.0 Å². The van der Waals surface area contributed by atoms with Gasteiger partial charge in [0.05, 0.1) is 22.0 Å². The van der Waals surface area contributed by atoms with Crippen molar-refractivity contribution in [2.24, 2.45) is 0 Å². The number of aryl methyl sites for hydroxylation is 2.